The number of hydrogen-bond acceptors (Lipinski definition) is 2. The van der Waals surface area contributed by atoms with Gasteiger partial charge in [0, 0.05) is 7.11 Å². The molecular formula is C14H16O2. The second-order valence-corrected chi connectivity index (χ2v) is 4.01. The highest BCUT2D eigenvalue weighted by Crippen LogP contribution is 2.25. The number of hydrogen-bond donors (Lipinski definition) is 1. The Morgan fingerprint density at radius 1 is 1.25 bits per heavy atom. The van der Waals surface area contributed by atoms with Crippen molar-refractivity contribution in [3.05, 3.63) is 47.5 Å². The van der Waals surface area contributed by atoms with Crippen LogP contribution in [0.25, 0.3) is 10.8 Å². The first kappa shape index (κ1) is 11.1. The van der Waals surface area contributed by atoms with Crippen molar-refractivity contribution in [2.45, 2.75) is 19.6 Å². The molecule has 0 aliphatic heterocycles. The number of benzene rings is 2. The lowest BCUT2D eigenvalue weighted by atomic mass is 9.99. The molecule has 0 aliphatic carbocycles. The van der Waals surface area contributed by atoms with Crippen molar-refractivity contribution >= 4 is 10.8 Å². The standard InChI is InChI=1S/C14H16O2/c1-10(15)13-5-3-4-12-8-11(9-16-2)6-7-14(12)13/h3-8,10,15H,9H2,1-2H3. The first-order chi connectivity index (χ1) is 7.72. The van der Waals surface area contributed by atoms with Crippen LogP contribution < -0.4 is 0 Å². The zero-order chi connectivity index (χ0) is 11.5. The Morgan fingerprint density at radius 3 is 2.75 bits per heavy atom. The molecule has 0 heterocycles. The van der Waals surface area contributed by atoms with Crippen molar-refractivity contribution in [3.63, 3.8) is 0 Å². The molecule has 0 amide bonds. The Morgan fingerprint density at radius 2 is 2.06 bits per heavy atom. The number of ether oxygens (including phenoxy) is 1. The van der Waals surface area contributed by atoms with Gasteiger partial charge in [-0.2, -0.15) is 0 Å². The molecule has 1 unspecified atom stereocenters. The van der Waals surface area contributed by atoms with Gasteiger partial charge in [0.2, 0.25) is 0 Å². The van der Waals surface area contributed by atoms with E-state index in [1.807, 2.05) is 24.3 Å². The van der Waals surface area contributed by atoms with Crippen LogP contribution in [0.4, 0.5) is 0 Å². The molecule has 84 valence electrons. The van der Waals surface area contributed by atoms with Crippen LogP contribution in [0.3, 0.4) is 0 Å². The van der Waals surface area contributed by atoms with Crippen molar-refractivity contribution < 1.29 is 9.84 Å². The van der Waals surface area contributed by atoms with Gasteiger partial charge in [-0.25, -0.2) is 0 Å². The number of rotatable bonds is 3. The summed E-state index contributed by atoms with van der Waals surface area (Å²) in [6, 6.07) is 12.2. The molecule has 1 N–H and O–H groups in total. The van der Waals surface area contributed by atoms with Gasteiger partial charge in [0.25, 0.3) is 0 Å². The van der Waals surface area contributed by atoms with Gasteiger partial charge in [0.05, 0.1) is 12.7 Å². The van der Waals surface area contributed by atoms with Crippen molar-refractivity contribution in [1.29, 1.82) is 0 Å². The van der Waals surface area contributed by atoms with Crippen LogP contribution in [0.2, 0.25) is 0 Å². The molecule has 0 radical (unpaired) electrons. The molecule has 0 aromatic heterocycles. The Kier molecular flexibility index (Phi) is 3.22. The van der Waals surface area contributed by atoms with E-state index in [0.717, 1.165) is 21.9 Å². The maximum absolute atomic E-state index is 9.67. The number of aliphatic hydroxyl groups excluding tert-OH is 1. The third kappa shape index (κ3) is 2.08. The summed E-state index contributed by atoms with van der Waals surface area (Å²) in [5.41, 5.74) is 2.12. The number of aliphatic hydroxyl groups is 1. The molecule has 0 bridgehead atoms. The first-order valence-electron chi connectivity index (χ1n) is 5.41. The Bertz CT molecular complexity index is 489. The maximum Gasteiger partial charge on any atom is 0.0767 e. The molecule has 1 atom stereocenters. The summed E-state index contributed by atoms with van der Waals surface area (Å²) in [5.74, 6) is 0. The first-order valence-corrected chi connectivity index (χ1v) is 5.41. The SMILES string of the molecule is COCc1ccc2c(C(C)O)cccc2c1. The summed E-state index contributed by atoms with van der Waals surface area (Å²) in [5, 5.41) is 11.9. The minimum atomic E-state index is -0.433. The summed E-state index contributed by atoms with van der Waals surface area (Å²) in [6.07, 6.45) is -0.433. The van der Waals surface area contributed by atoms with E-state index in [0.29, 0.717) is 6.61 Å². The summed E-state index contributed by atoms with van der Waals surface area (Å²) < 4.78 is 5.11. The van der Waals surface area contributed by atoms with E-state index >= 15 is 0 Å². The molecule has 2 nitrogen and oxygen atoms in total. The van der Waals surface area contributed by atoms with Gasteiger partial charge in [0.1, 0.15) is 0 Å². The molecule has 0 saturated carbocycles. The summed E-state index contributed by atoms with van der Waals surface area (Å²) >= 11 is 0. The highest BCUT2D eigenvalue weighted by Gasteiger charge is 2.06. The quantitative estimate of drug-likeness (QED) is 0.854. The Labute approximate surface area is 95.5 Å². The average Bonchev–Trinajstić information content (AvgIpc) is 2.28. The third-order valence-electron chi connectivity index (χ3n) is 2.74. The van der Waals surface area contributed by atoms with E-state index in [4.69, 9.17) is 4.74 Å². The zero-order valence-corrected chi connectivity index (χ0v) is 9.60. The number of fused-ring (bicyclic) bond motifs is 1. The van der Waals surface area contributed by atoms with Crippen molar-refractivity contribution in [2.24, 2.45) is 0 Å². The second kappa shape index (κ2) is 4.64. The highest BCUT2D eigenvalue weighted by atomic mass is 16.5. The second-order valence-electron chi connectivity index (χ2n) is 4.01. The minimum Gasteiger partial charge on any atom is -0.389 e. The molecule has 0 spiro atoms. The van der Waals surface area contributed by atoms with Crippen LogP contribution in [0.1, 0.15) is 24.2 Å². The van der Waals surface area contributed by atoms with Gasteiger partial charge >= 0.3 is 0 Å². The van der Waals surface area contributed by atoms with Crippen LogP contribution in [0.5, 0.6) is 0 Å². The third-order valence-corrected chi connectivity index (χ3v) is 2.74. The van der Waals surface area contributed by atoms with Gasteiger partial charge < -0.3 is 9.84 Å². The fourth-order valence-electron chi connectivity index (χ4n) is 1.98. The number of methoxy groups -OCH3 is 1. The largest absolute Gasteiger partial charge is 0.389 e. The van der Waals surface area contributed by atoms with Crippen LogP contribution in [0.15, 0.2) is 36.4 Å². The van der Waals surface area contributed by atoms with Crippen molar-refractivity contribution in [2.75, 3.05) is 7.11 Å². The fourth-order valence-corrected chi connectivity index (χ4v) is 1.98. The molecule has 16 heavy (non-hydrogen) atoms. The highest BCUT2D eigenvalue weighted by molar-refractivity contribution is 5.86. The van der Waals surface area contributed by atoms with Gasteiger partial charge in [-0.05, 0) is 34.9 Å². The molecule has 2 rings (SSSR count). The summed E-state index contributed by atoms with van der Waals surface area (Å²) in [4.78, 5) is 0. The predicted molar refractivity (Wildman–Crippen MR) is 65.3 cm³/mol. The molecule has 2 aromatic carbocycles. The molecule has 0 fully saturated rings. The summed E-state index contributed by atoms with van der Waals surface area (Å²) in [7, 11) is 1.69. The van der Waals surface area contributed by atoms with E-state index in [2.05, 4.69) is 12.1 Å². The van der Waals surface area contributed by atoms with Crippen LogP contribution >= 0.6 is 0 Å². The molecule has 0 aliphatic rings. The van der Waals surface area contributed by atoms with Crippen molar-refractivity contribution in [3.8, 4) is 0 Å². The lowest BCUT2D eigenvalue weighted by molar-refractivity contribution is 0.185. The Hall–Kier alpha value is -1.38. The molecule has 2 aromatic rings. The topological polar surface area (TPSA) is 29.5 Å². The molecule has 2 heteroatoms. The van der Waals surface area contributed by atoms with E-state index < -0.39 is 6.10 Å². The van der Waals surface area contributed by atoms with Gasteiger partial charge in [0.15, 0.2) is 0 Å². The van der Waals surface area contributed by atoms with Crippen LogP contribution in [-0.2, 0) is 11.3 Å². The normalized spacial score (nSPS) is 12.9. The minimum absolute atomic E-state index is 0.433. The maximum atomic E-state index is 9.67. The van der Waals surface area contributed by atoms with Crippen LogP contribution in [-0.4, -0.2) is 12.2 Å². The molecule has 0 saturated heterocycles. The Balaban J connectivity index is 2.55. The van der Waals surface area contributed by atoms with Crippen LogP contribution in [0, 0.1) is 0 Å². The molecular weight excluding hydrogens is 200 g/mol. The van der Waals surface area contributed by atoms with Gasteiger partial charge in [-0.15, -0.1) is 0 Å². The van der Waals surface area contributed by atoms with E-state index in [1.54, 1.807) is 14.0 Å². The van der Waals surface area contributed by atoms with Crippen molar-refractivity contribution in [1.82, 2.24) is 0 Å². The van der Waals surface area contributed by atoms with Gasteiger partial charge in [-0.3, -0.25) is 0 Å². The monoisotopic (exact) mass is 216 g/mol. The summed E-state index contributed by atoms with van der Waals surface area (Å²) in [6.45, 7) is 2.41. The predicted octanol–water partition coefficient (Wildman–Crippen LogP) is 3.04. The zero-order valence-electron chi connectivity index (χ0n) is 9.60. The van der Waals surface area contributed by atoms with E-state index in [-0.39, 0.29) is 0 Å². The van der Waals surface area contributed by atoms with Gasteiger partial charge in [-0.1, -0.05) is 30.3 Å². The lowest BCUT2D eigenvalue weighted by Gasteiger charge is -2.10. The average molecular weight is 216 g/mol. The van der Waals surface area contributed by atoms with E-state index in [1.165, 1.54) is 0 Å². The lowest BCUT2D eigenvalue weighted by Crippen LogP contribution is -1.93. The van der Waals surface area contributed by atoms with E-state index in [9.17, 15) is 5.11 Å². The fraction of sp³-hybridized carbons (Fsp3) is 0.286. The smallest absolute Gasteiger partial charge is 0.0767 e.